The van der Waals surface area contributed by atoms with Gasteiger partial charge in [-0.2, -0.15) is 0 Å². The van der Waals surface area contributed by atoms with Gasteiger partial charge in [-0.3, -0.25) is 0 Å². The lowest BCUT2D eigenvalue weighted by molar-refractivity contribution is -0.149. The van der Waals surface area contributed by atoms with Crippen molar-refractivity contribution in [2.24, 2.45) is 0 Å². The Morgan fingerprint density at radius 3 is 1.30 bits per heavy atom. The Kier molecular flexibility index (Phi) is 3.85. The molecular formula is C18H14O5. The average Bonchev–Trinajstić information content (AvgIpc) is 2.89. The molecule has 0 radical (unpaired) electrons. The van der Waals surface area contributed by atoms with Crippen LogP contribution in [0.15, 0.2) is 48.5 Å². The summed E-state index contributed by atoms with van der Waals surface area (Å²) >= 11 is 0. The average molecular weight is 310 g/mol. The summed E-state index contributed by atoms with van der Waals surface area (Å²) in [7, 11) is 3.12. The van der Waals surface area contributed by atoms with E-state index in [0.717, 1.165) is 0 Å². The molecule has 0 amide bonds. The molecule has 0 saturated heterocycles. The molecule has 116 valence electrons. The minimum absolute atomic E-state index is 0.253. The summed E-state index contributed by atoms with van der Waals surface area (Å²) in [6.07, 6.45) is 0. The predicted octanol–water partition coefficient (Wildman–Crippen LogP) is 2.70. The minimum atomic E-state index is -0.647. The molecule has 2 aromatic carbocycles. The van der Waals surface area contributed by atoms with E-state index >= 15 is 0 Å². The first-order valence-corrected chi connectivity index (χ1v) is 6.93. The zero-order valence-corrected chi connectivity index (χ0v) is 12.7. The Morgan fingerprint density at radius 1 is 0.652 bits per heavy atom. The topological polar surface area (TPSA) is 61.8 Å². The maximum atomic E-state index is 12.1. The van der Waals surface area contributed by atoms with Gasteiger partial charge in [0.15, 0.2) is 0 Å². The molecule has 1 heterocycles. The monoisotopic (exact) mass is 310 g/mol. The number of hydrogen-bond donors (Lipinski definition) is 0. The van der Waals surface area contributed by atoms with Crippen LogP contribution in [0, 0.1) is 0 Å². The molecule has 2 aromatic rings. The van der Waals surface area contributed by atoms with Gasteiger partial charge in [0.05, 0.1) is 25.4 Å². The normalized spacial score (nSPS) is 14.0. The van der Waals surface area contributed by atoms with Crippen LogP contribution in [0.2, 0.25) is 0 Å². The van der Waals surface area contributed by atoms with Crippen molar-refractivity contribution in [1.82, 2.24) is 0 Å². The molecule has 23 heavy (non-hydrogen) atoms. The number of carbonyl (C=O) groups is 2. The van der Waals surface area contributed by atoms with Gasteiger partial charge in [-0.05, 0) is 35.4 Å². The molecule has 0 spiro atoms. The quantitative estimate of drug-likeness (QED) is 0.642. The van der Waals surface area contributed by atoms with Crippen LogP contribution in [0.3, 0.4) is 0 Å². The van der Waals surface area contributed by atoms with Gasteiger partial charge in [0.25, 0.3) is 0 Å². The van der Waals surface area contributed by atoms with Crippen LogP contribution in [-0.2, 0) is 14.3 Å². The SMILES string of the molecule is COc1ccc(C2=C(c3ccc(OC)cc3)C(=O)OC2=O)cc1. The third-order valence-corrected chi connectivity index (χ3v) is 3.60. The van der Waals surface area contributed by atoms with E-state index in [4.69, 9.17) is 14.2 Å². The highest BCUT2D eigenvalue weighted by Crippen LogP contribution is 2.35. The molecule has 0 unspecified atom stereocenters. The number of hydrogen-bond acceptors (Lipinski definition) is 5. The lowest BCUT2D eigenvalue weighted by atomic mass is 9.96. The Hall–Kier alpha value is -3.08. The molecule has 0 atom stereocenters. The highest BCUT2D eigenvalue weighted by atomic mass is 16.6. The molecular weight excluding hydrogens is 296 g/mol. The number of cyclic esters (lactones) is 2. The second kappa shape index (κ2) is 5.96. The first kappa shape index (κ1) is 14.8. The van der Waals surface area contributed by atoms with Crippen LogP contribution >= 0.6 is 0 Å². The molecule has 3 rings (SSSR count). The lowest BCUT2D eigenvalue weighted by Crippen LogP contribution is -2.02. The minimum Gasteiger partial charge on any atom is -0.497 e. The second-order valence-corrected chi connectivity index (χ2v) is 4.88. The Labute approximate surface area is 133 Å². The van der Waals surface area contributed by atoms with E-state index in [2.05, 4.69) is 0 Å². The molecule has 0 fully saturated rings. The zero-order chi connectivity index (χ0) is 16.4. The van der Waals surface area contributed by atoms with Gasteiger partial charge in [0.2, 0.25) is 0 Å². The van der Waals surface area contributed by atoms with Crippen LogP contribution in [0.4, 0.5) is 0 Å². The lowest BCUT2D eigenvalue weighted by Gasteiger charge is -2.06. The molecule has 0 aromatic heterocycles. The van der Waals surface area contributed by atoms with E-state index in [9.17, 15) is 9.59 Å². The maximum Gasteiger partial charge on any atom is 0.347 e. The van der Waals surface area contributed by atoms with Crippen LogP contribution in [-0.4, -0.2) is 26.2 Å². The fourth-order valence-corrected chi connectivity index (χ4v) is 2.43. The van der Waals surface area contributed by atoms with Crippen molar-refractivity contribution < 1.29 is 23.8 Å². The van der Waals surface area contributed by atoms with Crippen LogP contribution in [0.25, 0.3) is 11.1 Å². The Morgan fingerprint density at radius 2 is 1.00 bits per heavy atom. The first-order valence-electron chi connectivity index (χ1n) is 6.93. The van der Waals surface area contributed by atoms with Crippen molar-refractivity contribution in [1.29, 1.82) is 0 Å². The Bertz CT molecular complexity index is 718. The smallest absolute Gasteiger partial charge is 0.347 e. The zero-order valence-electron chi connectivity index (χ0n) is 12.7. The van der Waals surface area contributed by atoms with E-state index in [1.54, 1.807) is 62.8 Å². The largest absolute Gasteiger partial charge is 0.497 e. The fourth-order valence-electron chi connectivity index (χ4n) is 2.43. The molecule has 5 heteroatoms. The predicted molar refractivity (Wildman–Crippen MR) is 83.9 cm³/mol. The van der Waals surface area contributed by atoms with Gasteiger partial charge in [-0.1, -0.05) is 24.3 Å². The number of rotatable bonds is 4. The number of esters is 2. The summed E-state index contributed by atoms with van der Waals surface area (Å²) in [5, 5.41) is 0. The third-order valence-electron chi connectivity index (χ3n) is 3.60. The van der Waals surface area contributed by atoms with Crippen LogP contribution in [0.5, 0.6) is 11.5 Å². The van der Waals surface area contributed by atoms with Gasteiger partial charge in [-0.15, -0.1) is 0 Å². The number of carbonyl (C=O) groups excluding carboxylic acids is 2. The van der Waals surface area contributed by atoms with Crippen LogP contribution < -0.4 is 9.47 Å². The summed E-state index contributed by atoms with van der Waals surface area (Å²) in [4.78, 5) is 24.2. The number of benzene rings is 2. The fraction of sp³-hybridized carbons (Fsp3) is 0.111. The van der Waals surface area contributed by atoms with Crippen molar-refractivity contribution in [3.8, 4) is 11.5 Å². The molecule has 0 aliphatic carbocycles. The van der Waals surface area contributed by atoms with Gasteiger partial charge < -0.3 is 14.2 Å². The molecule has 0 N–H and O–H groups in total. The van der Waals surface area contributed by atoms with E-state index < -0.39 is 11.9 Å². The second-order valence-electron chi connectivity index (χ2n) is 4.88. The Balaban J connectivity index is 2.12. The van der Waals surface area contributed by atoms with Gasteiger partial charge in [0, 0.05) is 0 Å². The molecule has 5 nitrogen and oxygen atoms in total. The first-order chi connectivity index (χ1) is 11.1. The van der Waals surface area contributed by atoms with Crippen molar-refractivity contribution in [2.75, 3.05) is 14.2 Å². The summed E-state index contributed by atoms with van der Waals surface area (Å²) < 4.78 is 15.0. The summed E-state index contributed by atoms with van der Waals surface area (Å²) in [6, 6.07) is 13.8. The highest BCUT2D eigenvalue weighted by molar-refractivity contribution is 6.44. The standard InChI is InChI=1S/C18H14O5/c1-21-13-7-3-11(4-8-13)15-16(18(20)23-17(15)19)12-5-9-14(22-2)10-6-12/h3-10H,1-2H3. The van der Waals surface area contributed by atoms with E-state index in [1.807, 2.05) is 0 Å². The van der Waals surface area contributed by atoms with E-state index in [0.29, 0.717) is 22.6 Å². The van der Waals surface area contributed by atoms with Gasteiger partial charge in [0.1, 0.15) is 11.5 Å². The van der Waals surface area contributed by atoms with Gasteiger partial charge >= 0.3 is 11.9 Å². The van der Waals surface area contributed by atoms with Crippen molar-refractivity contribution >= 4 is 23.1 Å². The maximum absolute atomic E-state index is 12.1. The summed E-state index contributed by atoms with van der Waals surface area (Å²) in [5.41, 5.74) is 1.71. The number of ether oxygens (including phenoxy) is 3. The molecule has 0 bridgehead atoms. The van der Waals surface area contributed by atoms with Gasteiger partial charge in [-0.25, -0.2) is 9.59 Å². The number of methoxy groups -OCH3 is 2. The van der Waals surface area contributed by atoms with Crippen molar-refractivity contribution in [2.45, 2.75) is 0 Å². The summed E-state index contributed by atoms with van der Waals surface area (Å²) in [6.45, 7) is 0. The molecule has 0 saturated carbocycles. The van der Waals surface area contributed by atoms with E-state index in [-0.39, 0.29) is 11.1 Å². The highest BCUT2D eigenvalue weighted by Gasteiger charge is 2.34. The third kappa shape index (κ3) is 2.68. The van der Waals surface area contributed by atoms with E-state index in [1.165, 1.54) is 0 Å². The van der Waals surface area contributed by atoms with Crippen molar-refractivity contribution in [3.05, 3.63) is 59.7 Å². The van der Waals surface area contributed by atoms with Crippen LogP contribution in [0.1, 0.15) is 11.1 Å². The summed E-state index contributed by atoms with van der Waals surface area (Å²) in [5.74, 6) is 0.0352. The molecule has 1 aliphatic heterocycles. The molecule has 1 aliphatic rings. The van der Waals surface area contributed by atoms with Crippen molar-refractivity contribution in [3.63, 3.8) is 0 Å².